The van der Waals surface area contributed by atoms with Crippen molar-refractivity contribution >= 4 is 61.6 Å². The van der Waals surface area contributed by atoms with E-state index in [-0.39, 0.29) is 29.8 Å². The molecule has 1 N–H and O–H groups in total. The zero-order valence-corrected chi connectivity index (χ0v) is 25.3. The second-order valence-corrected chi connectivity index (χ2v) is 11.9. The second-order valence-electron chi connectivity index (χ2n) is 10.6. The molecule has 40 heavy (non-hydrogen) atoms. The summed E-state index contributed by atoms with van der Waals surface area (Å²) in [6.07, 6.45) is 4.62. The van der Waals surface area contributed by atoms with Gasteiger partial charge in [-0.3, -0.25) is 4.98 Å². The highest BCUT2D eigenvalue weighted by molar-refractivity contribution is 9.10. The van der Waals surface area contributed by atoms with Gasteiger partial charge in [-0.2, -0.15) is 9.97 Å². The minimum Gasteiger partial charge on any atom is -0.491 e. The summed E-state index contributed by atoms with van der Waals surface area (Å²) in [5, 5.41) is 12.1. The molecule has 0 aliphatic carbocycles. The summed E-state index contributed by atoms with van der Waals surface area (Å²) in [6, 6.07) is 9.75. The Morgan fingerprint density at radius 2 is 2.02 bits per heavy atom. The monoisotopic (exact) mass is 630 g/mol. The van der Waals surface area contributed by atoms with Gasteiger partial charge in [0.25, 0.3) is 0 Å². The summed E-state index contributed by atoms with van der Waals surface area (Å²) >= 11 is 9.77. The minimum absolute atomic E-state index is 0.0304. The molecule has 1 aliphatic heterocycles. The number of fused-ring (bicyclic) bond motifs is 2. The van der Waals surface area contributed by atoms with Crippen molar-refractivity contribution in [2.45, 2.75) is 38.9 Å². The summed E-state index contributed by atoms with van der Waals surface area (Å²) in [5.74, 6) is -0.198. The van der Waals surface area contributed by atoms with Crippen LogP contribution in [0.5, 0.6) is 5.75 Å². The molecule has 0 spiro atoms. The molecular weight excluding hydrogens is 600 g/mol. The molecule has 1 fully saturated rings. The number of hydrogen-bond acceptors (Lipinski definition) is 8. The first-order valence-corrected chi connectivity index (χ1v) is 14.1. The smallest absolute Gasteiger partial charge is 0.226 e. The molecule has 5 rings (SSSR count). The van der Waals surface area contributed by atoms with Crippen LogP contribution < -0.4 is 4.74 Å². The highest BCUT2D eigenvalue weighted by Gasteiger charge is 2.44. The van der Waals surface area contributed by atoms with E-state index in [2.05, 4.69) is 42.8 Å². The number of pyridine rings is 1. The quantitative estimate of drug-likeness (QED) is 0.110. The van der Waals surface area contributed by atoms with Crippen LogP contribution in [0.1, 0.15) is 27.0 Å². The summed E-state index contributed by atoms with van der Waals surface area (Å²) in [4.78, 5) is 19.6. The second kappa shape index (κ2) is 11.6. The van der Waals surface area contributed by atoms with Crippen molar-refractivity contribution in [2.75, 3.05) is 27.3 Å². The van der Waals surface area contributed by atoms with Crippen LogP contribution in [0.3, 0.4) is 0 Å². The van der Waals surface area contributed by atoms with Crippen molar-refractivity contribution in [1.82, 2.24) is 24.4 Å². The lowest BCUT2D eigenvalue weighted by Crippen LogP contribution is -2.31. The molecule has 1 aromatic carbocycles. The fourth-order valence-electron chi connectivity index (χ4n) is 4.74. The Kier molecular flexibility index (Phi) is 8.30. The number of aliphatic imine (C=N–C) groups is 1. The third-order valence-corrected chi connectivity index (χ3v) is 7.42. The largest absolute Gasteiger partial charge is 0.491 e. The lowest BCUT2D eigenvalue weighted by atomic mass is 9.91. The van der Waals surface area contributed by atoms with Crippen LogP contribution in [-0.2, 0) is 9.47 Å². The maximum atomic E-state index is 10.3. The first kappa shape index (κ1) is 28.7. The maximum absolute atomic E-state index is 10.3. The molecule has 1 saturated heterocycles. The van der Waals surface area contributed by atoms with Gasteiger partial charge in [0, 0.05) is 48.3 Å². The van der Waals surface area contributed by atoms with Crippen LogP contribution in [0.25, 0.3) is 21.9 Å². The molecule has 0 unspecified atom stereocenters. The number of benzene rings is 1. The SMILES string of the molecule is C[C@H]1[C@@H](COC(C)(C)O)[C@H](n2ccc3c(N=CN(C)C)nc(Cl)nc32)O[C@@H]1COc1ccc2cc(Br)cnc2c1. The summed E-state index contributed by atoms with van der Waals surface area (Å²) in [5.41, 5.74) is 1.45. The highest BCUT2D eigenvalue weighted by atomic mass is 79.9. The van der Waals surface area contributed by atoms with E-state index in [9.17, 15) is 5.11 Å². The van der Waals surface area contributed by atoms with E-state index in [1.54, 1.807) is 26.4 Å². The Labute approximate surface area is 246 Å². The maximum Gasteiger partial charge on any atom is 0.226 e. The lowest BCUT2D eigenvalue weighted by molar-refractivity contribution is -0.189. The number of aliphatic hydroxyl groups is 1. The summed E-state index contributed by atoms with van der Waals surface area (Å²) < 4.78 is 21.5. The zero-order valence-electron chi connectivity index (χ0n) is 23.0. The Morgan fingerprint density at radius 3 is 2.77 bits per heavy atom. The fraction of sp³-hybridized carbons (Fsp3) is 0.429. The van der Waals surface area contributed by atoms with E-state index >= 15 is 0 Å². The Hall–Kier alpha value is -2.83. The van der Waals surface area contributed by atoms with Gasteiger partial charge in [-0.15, -0.1) is 0 Å². The lowest BCUT2D eigenvalue weighted by Gasteiger charge is -2.26. The third kappa shape index (κ3) is 6.39. The molecule has 10 nitrogen and oxygen atoms in total. The molecule has 4 heterocycles. The van der Waals surface area contributed by atoms with E-state index in [0.29, 0.717) is 23.8 Å². The molecule has 212 valence electrons. The average molecular weight is 632 g/mol. The summed E-state index contributed by atoms with van der Waals surface area (Å²) in [6.45, 7) is 5.92. The fourth-order valence-corrected chi connectivity index (χ4v) is 5.25. The van der Waals surface area contributed by atoms with Crippen LogP contribution in [0.15, 0.2) is 52.2 Å². The Bertz CT molecular complexity index is 1540. The van der Waals surface area contributed by atoms with Crippen LogP contribution in [0, 0.1) is 11.8 Å². The van der Waals surface area contributed by atoms with Crippen molar-refractivity contribution in [3.05, 3.63) is 52.5 Å². The molecular formula is C28H32BrClN6O4. The van der Waals surface area contributed by atoms with Gasteiger partial charge in [0.1, 0.15) is 24.2 Å². The van der Waals surface area contributed by atoms with E-state index in [1.807, 2.05) is 60.1 Å². The molecule has 0 radical (unpaired) electrons. The van der Waals surface area contributed by atoms with Crippen LogP contribution in [-0.4, -0.2) is 75.1 Å². The Morgan fingerprint density at radius 1 is 1.23 bits per heavy atom. The number of halogens is 2. The first-order chi connectivity index (χ1) is 19.0. The van der Waals surface area contributed by atoms with Gasteiger partial charge >= 0.3 is 0 Å². The Balaban J connectivity index is 1.42. The van der Waals surface area contributed by atoms with E-state index in [0.717, 1.165) is 20.8 Å². The van der Waals surface area contributed by atoms with Gasteiger partial charge in [0.05, 0.1) is 30.0 Å². The van der Waals surface area contributed by atoms with Gasteiger partial charge in [0.2, 0.25) is 5.28 Å². The molecule has 12 heteroatoms. The predicted molar refractivity (Wildman–Crippen MR) is 158 cm³/mol. The van der Waals surface area contributed by atoms with Gasteiger partial charge < -0.3 is 28.8 Å². The number of ether oxygens (including phenoxy) is 3. The topological polar surface area (TPSA) is 107 Å². The van der Waals surface area contributed by atoms with Crippen molar-refractivity contribution < 1.29 is 19.3 Å². The number of hydrogen-bond donors (Lipinski definition) is 1. The molecule has 4 aromatic rings. The first-order valence-electron chi connectivity index (χ1n) is 12.9. The van der Waals surface area contributed by atoms with Gasteiger partial charge in [-0.25, -0.2) is 4.99 Å². The van der Waals surface area contributed by atoms with E-state index < -0.39 is 12.0 Å². The van der Waals surface area contributed by atoms with Crippen molar-refractivity contribution in [3.63, 3.8) is 0 Å². The number of aromatic nitrogens is 4. The van der Waals surface area contributed by atoms with Crippen molar-refractivity contribution in [1.29, 1.82) is 0 Å². The zero-order chi connectivity index (χ0) is 28.6. The van der Waals surface area contributed by atoms with E-state index in [4.69, 9.17) is 25.8 Å². The standard InChI is InChI=1S/C28H32BrClN6O4/c1-16-21(13-39-28(2,3)37)26(36-9-8-20-24(32-15-35(4)5)33-27(30)34-25(20)36)40-23(16)14-38-19-7-6-17-10-18(29)12-31-22(17)11-19/h6-12,15-16,21,23,26,37H,13-14H2,1-5H3/t16-,21+,23+,26+/m0/s1. The van der Waals surface area contributed by atoms with Crippen LogP contribution in [0.2, 0.25) is 5.28 Å². The molecule has 0 saturated carbocycles. The highest BCUT2D eigenvalue weighted by Crippen LogP contribution is 2.42. The van der Waals surface area contributed by atoms with Crippen LogP contribution >= 0.6 is 27.5 Å². The molecule has 0 bridgehead atoms. The average Bonchev–Trinajstić information content (AvgIpc) is 3.44. The van der Waals surface area contributed by atoms with E-state index in [1.165, 1.54) is 0 Å². The molecule has 4 atom stereocenters. The van der Waals surface area contributed by atoms with Crippen molar-refractivity contribution in [3.8, 4) is 5.75 Å². The summed E-state index contributed by atoms with van der Waals surface area (Å²) in [7, 11) is 3.76. The third-order valence-electron chi connectivity index (χ3n) is 6.82. The van der Waals surface area contributed by atoms with Gasteiger partial charge in [-0.05, 0) is 71.6 Å². The van der Waals surface area contributed by atoms with Crippen molar-refractivity contribution in [2.24, 2.45) is 16.8 Å². The van der Waals surface area contributed by atoms with Gasteiger partial charge in [0.15, 0.2) is 11.6 Å². The molecule has 3 aromatic heterocycles. The molecule has 1 aliphatic rings. The molecule has 0 amide bonds. The minimum atomic E-state index is -1.29. The van der Waals surface area contributed by atoms with Crippen LogP contribution in [0.4, 0.5) is 5.82 Å². The normalized spacial score (nSPS) is 21.6. The predicted octanol–water partition coefficient (Wildman–Crippen LogP) is 5.59. The van der Waals surface area contributed by atoms with Gasteiger partial charge in [-0.1, -0.05) is 6.92 Å². The number of rotatable bonds is 9. The number of nitrogens with zero attached hydrogens (tertiary/aromatic N) is 6.